The van der Waals surface area contributed by atoms with Crippen LogP contribution < -0.4 is 9.47 Å². The molecule has 0 aromatic heterocycles. The molecule has 0 saturated heterocycles. The number of thiocarbonyl (C=S) groups is 1. The molecule has 192 valence electrons. The summed E-state index contributed by atoms with van der Waals surface area (Å²) < 4.78 is 11.7. The van der Waals surface area contributed by atoms with Gasteiger partial charge in [-0.1, -0.05) is 99.6 Å². The zero-order valence-electron chi connectivity index (χ0n) is 22.0. The number of fused-ring (bicyclic) bond motifs is 2. The van der Waals surface area contributed by atoms with Crippen LogP contribution in [-0.4, -0.2) is 23.9 Å². The van der Waals surface area contributed by atoms with Gasteiger partial charge in [0.05, 0.1) is 18.1 Å². The van der Waals surface area contributed by atoms with E-state index in [1.165, 1.54) is 0 Å². The number of benzene rings is 4. The van der Waals surface area contributed by atoms with E-state index in [4.69, 9.17) is 21.7 Å². The molecule has 4 aromatic carbocycles. The van der Waals surface area contributed by atoms with Crippen LogP contribution in [0.4, 0.5) is 0 Å². The van der Waals surface area contributed by atoms with Crippen LogP contribution in [0.15, 0.2) is 84.9 Å². The normalized spacial score (nSPS) is 12.2. The minimum absolute atomic E-state index is 0.00356. The summed E-state index contributed by atoms with van der Waals surface area (Å²) in [5.74, 6) is 1.68. The van der Waals surface area contributed by atoms with Gasteiger partial charge >= 0.3 is 0 Å². The van der Waals surface area contributed by atoms with E-state index in [1.807, 2.05) is 78.9 Å². The molecule has 0 bridgehead atoms. The maximum absolute atomic E-state index is 14.0. The zero-order valence-corrected chi connectivity index (χ0v) is 22.8. The van der Waals surface area contributed by atoms with Crippen LogP contribution in [0, 0.1) is 0 Å². The highest BCUT2D eigenvalue weighted by atomic mass is 32.1. The topological polar surface area (TPSA) is 35.5 Å². The van der Waals surface area contributed by atoms with Gasteiger partial charge in [0.15, 0.2) is 5.78 Å². The molecule has 38 heavy (non-hydrogen) atoms. The second-order valence-electron chi connectivity index (χ2n) is 9.57. The summed E-state index contributed by atoms with van der Waals surface area (Å²) in [7, 11) is 0. The maximum Gasteiger partial charge on any atom is 0.194 e. The Bertz CT molecular complexity index is 1340. The molecule has 0 spiro atoms. The van der Waals surface area contributed by atoms with E-state index in [0.29, 0.717) is 29.2 Å². The molecule has 0 unspecified atom stereocenters. The quantitative estimate of drug-likeness (QED) is 0.136. The third kappa shape index (κ3) is 5.14. The third-order valence-electron chi connectivity index (χ3n) is 6.94. The fraction of sp³-hybridized carbons (Fsp3) is 0.235. The van der Waals surface area contributed by atoms with Gasteiger partial charge in [-0.2, -0.15) is 0 Å². The van der Waals surface area contributed by atoms with Crippen molar-refractivity contribution in [1.82, 2.24) is 0 Å². The lowest BCUT2D eigenvalue weighted by Gasteiger charge is -2.25. The summed E-state index contributed by atoms with van der Waals surface area (Å²) in [6, 6.07) is 27.9. The van der Waals surface area contributed by atoms with E-state index >= 15 is 0 Å². The van der Waals surface area contributed by atoms with Gasteiger partial charge in [0.2, 0.25) is 0 Å². The maximum atomic E-state index is 14.0. The number of ketones is 1. The highest BCUT2D eigenvalue weighted by Crippen LogP contribution is 2.40. The largest absolute Gasteiger partial charge is 0.494 e. The van der Waals surface area contributed by atoms with Crippen molar-refractivity contribution in [3.05, 3.63) is 107 Å². The summed E-state index contributed by atoms with van der Waals surface area (Å²) >= 11 is 6.04. The molecule has 0 N–H and O–H groups in total. The Morgan fingerprint density at radius 3 is 1.55 bits per heavy atom. The van der Waals surface area contributed by atoms with Crippen LogP contribution in [0.1, 0.15) is 66.6 Å². The molecule has 0 radical (unpaired) electrons. The Morgan fingerprint density at radius 2 is 1.05 bits per heavy atom. The second-order valence-corrected chi connectivity index (χ2v) is 9.98. The molecular weight excluding hydrogens is 488 g/mol. The lowest BCUT2D eigenvalue weighted by molar-refractivity contribution is 0.103. The monoisotopic (exact) mass is 520 g/mol. The number of hydrogen-bond donors (Lipinski definition) is 0. The van der Waals surface area contributed by atoms with Gasteiger partial charge in [0, 0.05) is 22.3 Å². The molecular formula is C34H32O3S. The molecule has 0 fully saturated rings. The van der Waals surface area contributed by atoms with Crippen LogP contribution in [0.5, 0.6) is 11.5 Å². The molecule has 3 nitrogen and oxygen atoms in total. The molecule has 0 amide bonds. The van der Waals surface area contributed by atoms with Crippen molar-refractivity contribution >= 4 is 22.9 Å². The van der Waals surface area contributed by atoms with E-state index in [1.54, 1.807) is 0 Å². The second kappa shape index (κ2) is 11.7. The summed E-state index contributed by atoms with van der Waals surface area (Å²) in [5, 5.41) is 0. The Balaban J connectivity index is 1.58. The fourth-order valence-corrected chi connectivity index (χ4v) is 5.22. The fourth-order valence-electron chi connectivity index (χ4n) is 4.83. The van der Waals surface area contributed by atoms with E-state index in [-0.39, 0.29) is 5.78 Å². The van der Waals surface area contributed by atoms with Gasteiger partial charge in [-0.05, 0) is 59.4 Å². The van der Waals surface area contributed by atoms with Crippen LogP contribution in [0.25, 0.3) is 22.3 Å². The van der Waals surface area contributed by atoms with E-state index in [2.05, 4.69) is 19.9 Å². The van der Waals surface area contributed by atoms with Crippen molar-refractivity contribution < 1.29 is 14.3 Å². The Morgan fingerprint density at radius 1 is 0.579 bits per heavy atom. The molecule has 1 aliphatic carbocycles. The SMILES string of the molecule is CCCCOc1ccc(-c2ccc(-c3ccc(OCCCC)cc3)c3c2C(=O)c2ccccc2C3=S)cc1. The Labute approximate surface area is 230 Å². The molecule has 0 aliphatic heterocycles. The summed E-state index contributed by atoms with van der Waals surface area (Å²) in [6.07, 6.45) is 4.24. The number of unbranched alkanes of at least 4 members (excludes halogenated alkanes) is 2. The first-order valence-electron chi connectivity index (χ1n) is 13.4. The number of hydrogen-bond acceptors (Lipinski definition) is 4. The first-order chi connectivity index (χ1) is 18.6. The summed E-state index contributed by atoms with van der Waals surface area (Å²) in [5.41, 5.74) is 6.76. The van der Waals surface area contributed by atoms with E-state index in [0.717, 1.165) is 70.6 Å². The van der Waals surface area contributed by atoms with Crippen molar-refractivity contribution in [3.8, 4) is 33.8 Å². The number of rotatable bonds is 10. The third-order valence-corrected chi connectivity index (χ3v) is 7.36. The van der Waals surface area contributed by atoms with Crippen molar-refractivity contribution in [1.29, 1.82) is 0 Å². The molecule has 5 rings (SSSR count). The number of carbonyl (C=O) groups is 1. The summed E-state index contributed by atoms with van der Waals surface area (Å²) in [4.78, 5) is 14.7. The van der Waals surface area contributed by atoms with Gasteiger partial charge in [-0.3, -0.25) is 4.79 Å². The van der Waals surface area contributed by atoms with E-state index in [9.17, 15) is 4.79 Å². The first kappa shape index (κ1) is 25.9. The smallest absolute Gasteiger partial charge is 0.194 e. The molecule has 0 saturated carbocycles. The van der Waals surface area contributed by atoms with Gasteiger partial charge in [0.25, 0.3) is 0 Å². The van der Waals surface area contributed by atoms with Crippen molar-refractivity contribution in [3.63, 3.8) is 0 Å². The Hall–Kier alpha value is -3.76. The highest BCUT2D eigenvalue weighted by Gasteiger charge is 2.32. The average Bonchev–Trinajstić information content (AvgIpc) is 2.96. The molecule has 4 heteroatoms. The van der Waals surface area contributed by atoms with Crippen molar-refractivity contribution in [2.24, 2.45) is 0 Å². The average molecular weight is 521 g/mol. The molecule has 0 atom stereocenters. The zero-order chi connectivity index (χ0) is 26.5. The highest BCUT2D eigenvalue weighted by molar-refractivity contribution is 7.81. The molecule has 0 heterocycles. The van der Waals surface area contributed by atoms with Gasteiger partial charge < -0.3 is 9.47 Å². The van der Waals surface area contributed by atoms with E-state index < -0.39 is 0 Å². The van der Waals surface area contributed by atoms with Gasteiger partial charge in [-0.15, -0.1) is 0 Å². The lowest BCUT2D eigenvalue weighted by atomic mass is 9.78. The minimum Gasteiger partial charge on any atom is -0.494 e. The standard InChI is InChI=1S/C34H32O3S/c1-3-5-21-36-25-15-11-23(12-16-25)27-19-20-28(24-13-17-26(18-14-24)37-22-6-4-2)32-31(27)33(35)29-9-7-8-10-30(29)34(32)38/h7-20H,3-6,21-22H2,1-2H3. The lowest BCUT2D eigenvalue weighted by Crippen LogP contribution is -2.22. The summed E-state index contributed by atoms with van der Waals surface area (Å²) in [6.45, 7) is 5.70. The van der Waals surface area contributed by atoms with Gasteiger partial charge in [-0.25, -0.2) is 0 Å². The number of carbonyl (C=O) groups excluding carboxylic acids is 1. The van der Waals surface area contributed by atoms with Crippen LogP contribution >= 0.6 is 12.2 Å². The van der Waals surface area contributed by atoms with Crippen LogP contribution in [0.2, 0.25) is 0 Å². The predicted octanol–water partition coefficient (Wildman–Crippen LogP) is 8.69. The van der Waals surface area contributed by atoms with Gasteiger partial charge in [0.1, 0.15) is 11.5 Å². The van der Waals surface area contributed by atoms with Crippen LogP contribution in [-0.2, 0) is 0 Å². The molecule has 4 aromatic rings. The Kier molecular flexibility index (Phi) is 8.00. The predicted molar refractivity (Wildman–Crippen MR) is 159 cm³/mol. The van der Waals surface area contributed by atoms with Crippen molar-refractivity contribution in [2.45, 2.75) is 39.5 Å². The minimum atomic E-state index is 0.00356. The molecule has 1 aliphatic rings. The number of ether oxygens (including phenoxy) is 2. The van der Waals surface area contributed by atoms with Crippen molar-refractivity contribution in [2.75, 3.05) is 13.2 Å². The van der Waals surface area contributed by atoms with Crippen LogP contribution in [0.3, 0.4) is 0 Å². The first-order valence-corrected chi connectivity index (χ1v) is 13.8.